The molecule has 0 aliphatic heterocycles. The lowest BCUT2D eigenvalue weighted by Gasteiger charge is -2.08. The molecule has 1 aromatic heterocycles. The van der Waals surface area contributed by atoms with Crippen molar-refractivity contribution in [2.24, 2.45) is 0 Å². The third-order valence-corrected chi connectivity index (χ3v) is 4.72. The van der Waals surface area contributed by atoms with Gasteiger partial charge in [0.15, 0.2) is 5.16 Å². The number of nitriles is 1. The first-order valence-electron chi connectivity index (χ1n) is 8.86. The molecule has 0 bridgehead atoms. The zero-order valence-electron chi connectivity index (χ0n) is 15.6. The second-order valence-corrected chi connectivity index (χ2v) is 6.83. The number of benzene rings is 2. The van der Waals surface area contributed by atoms with E-state index in [0.717, 1.165) is 17.5 Å². The van der Waals surface area contributed by atoms with Crippen LogP contribution in [0.1, 0.15) is 12.5 Å². The maximum atomic E-state index is 12.2. The van der Waals surface area contributed by atoms with E-state index in [0.29, 0.717) is 23.6 Å². The molecule has 0 radical (unpaired) electrons. The average Bonchev–Trinajstić information content (AvgIpc) is 2.74. The van der Waals surface area contributed by atoms with Crippen LogP contribution in [-0.4, -0.2) is 28.2 Å². The Morgan fingerprint density at radius 3 is 2.59 bits per heavy atom. The summed E-state index contributed by atoms with van der Waals surface area (Å²) in [5.41, 5.74) is 1.02. The van der Waals surface area contributed by atoms with E-state index in [2.05, 4.69) is 15.3 Å². The van der Waals surface area contributed by atoms with Gasteiger partial charge in [-0.05, 0) is 31.2 Å². The van der Waals surface area contributed by atoms with Gasteiger partial charge in [0.25, 0.3) is 5.56 Å². The average molecular weight is 406 g/mol. The van der Waals surface area contributed by atoms with Crippen LogP contribution in [0.3, 0.4) is 0 Å². The van der Waals surface area contributed by atoms with Gasteiger partial charge < -0.3 is 15.0 Å². The molecule has 0 saturated carbocycles. The molecule has 2 N–H and O–H groups in total. The Hall–Kier alpha value is -3.57. The van der Waals surface area contributed by atoms with Crippen LogP contribution in [0, 0.1) is 11.3 Å². The van der Waals surface area contributed by atoms with E-state index in [1.807, 2.05) is 19.1 Å². The Kier molecular flexibility index (Phi) is 6.66. The highest BCUT2D eigenvalue weighted by atomic mass is 32.2. The van der Waals surface area contributed by atoms with Gasteiger partial charge in [0.2, 0.25) is 5.91 Å². The number of ether oxygens (including phenoxy) is 1. The molecule has 8 heteroatoms. The summed E-state index contributed by atoms with van der Waals surface area (Å²) < 4.78 is 5.37. The molecule has 0 aliphatic carbocycles. The SMILES string of the molecule is CCOc1ccc(NC(=O)CSc2nc(-c3ccccc3)c(C#N)c(=O)[nH]2)cc1. The van der Waals surface area contributed by atoms with Gasteiger partial charge in [-0.2, -0.15) is 5.26 Å². The normalized spacial score (nSPS) is 10.2. The van der Waals surface area contributed by atoms with Crippen LogP contribution in [0.2, 0.25) is 0 Å². The van der Waals surface area contributed by atoms with Gasteiger partial charge in [-0.25, -0.2) is 4.98 Å². The molecule has 0 atom stereocenters. The third kappa shape index (κ3) is 5.24. The fourth-order valence-corrected chi connectivity index (χ4v) is 3.22. The summed E-state index contributed by atoms with van der Waals surface area (Å²) in [4.78, 5) is 31.4. The van der Waals surface area contributed by atoms with Crippen LogP contribution in [0.5, 0.6) is 5.75 Å². The third-order valence-electron chi connectivity index (χ3n) is 3.85. The second kappa shape index (κ2) is 9.57. The molecule has 3 aromatic rings. The van der Waals surface area contributed by atoms with Gasteiger partial charge in [-0.1, -0.05) is 42.1 Å². The summed E-state index contributed by atoms with van der Waals surface area (Å²) in [6.07, 6.45) is 0. The Morgan fingerprint density at radius 2 is 1.93 bits per heavy atom. The van der Waals surface area contributed by atoms with Crippen LogP contribution in [0.15, 0.2) is 64.5 Å². The minimum absolute atomic E-state index is 0.0519. The predicted octanol–water partition coefficient (Wildman–Crippen LogP) is 3.44. The number of carbonyl (C=O) groups is 1. The number of amides is 1. The van der Waals surface area contributed by atoms with Gasteiger partial charge in [-0.15, -0.1) is 0 Å². The number of anilines is 1. The molecule has 29 heavy (non-hydrogen) atoms. The van der Waals surface area contributed by atoms with Gasteiger partial charge in [-0.3, -0.25) is 9.59 Å². The number of hydrogen-bond donors (Lipinski definition) is 2. The molecule has 0 fully saturated rings. The van der Waals surface area contributed by atoms with Crippen LogP contribution in [0.4, 0.5) is 5.69 Å². The minimum atomic E-state index is -0.532. The van der Waals surface area contributed by atoms with E-state index in [-0.39, 0.29) is 22.4 Å². The highest BCUT2D eigenvalue weighted by molar-refractivity contribution is 7.99. The Bertz CT molecular complexity index is 1090. The standard InChI is InChI=1S/C21H18N4O3S/c1-2-28-16-10-8-15(9-11-16)23-18(26)13-29-21-24-19(14-6-4-3-5-7-14)17(12-22)20(27)25-21/h3-11H,2,13H2,1H3,(H,23,26)(H,24,25,27). The summed E-state index contributed by atoms with van der Waals surface area (Å²) >= 11 is 1.09. The maximum absolute atomic E-state index is 12.2. The zero-order valence-corrected chi connectivity index (χ0v) is 16.5. The number of carbonyl (C=O) groups excluding carboxylic acids is 1. The number of nitrogens with one attached hydrogen (secondary N) is 2. The lowest BCUT2D eigenvalue weighted by molar-refractivity contribution is -0.113. The molecule has 0 aliphatic rings. The summed E-state index contributed by atoms with van der Waals surface area (Å²) in [5.74, 6) is 0.538. The van der Waals surface area contributed by atoms with Gasteiger partial charge in [0.05, 0.1) is 18.1 Å². The lowest BCUT2D eigenvalue weighted by atomic mass is 10.1. The number of aromatic nitrogens is 2. The summed E-state index contributed by atoms with van der Waals surface area (Å²) in [5, 5.41) is 12.3. The highest BCUT2D eigenvalue weighted by Crippen LogP contribution is 2.22. The van der Waals surface area contributed by atoms with E-state index in [9.17, 15) is 14.9 Å². The molecular formula is C21H18N4O3S. The van der Waals surface area contributed by atoms with Crippen LogP contribution in [0.25, 0.3) is 11.3 Å². The van der Waals surface area contributed by atoms with Crippen molar-refractivity contribution in [3.63, 3.8) is 0 Å². The summed E-state index contributed by atoms with van der Waals surface area (Å²) in [6, 6.07) is 17.9. The first-order chi connectivity index (χ1) is 14.1. The fraction of sp³-hybridized carbons (Fsp3) is 0.143. The molecule has 2 aromatic carbocycles. The van der Waals surface area contributed by atoms with Crippen molar-refractivity contribution in [2.45, 2.75) is 12.1 Å². The highest BCUT2D eigenvalue weighted by Gasteiger charge is 2.14. The summed E-state index contributed by atoms with van der Waals surface area (Å²) in [7, 11) is 0. The molecule has 1 amide bonds. The van der Waals surface area contributed by atoms with Crippen molar-refractivity contribution < 1.29 is 9.53 Å². The van der Waals surface area contributed by atoms with Crippen LogP contribution in [-0.2, 0) is 4.79 Å². The van der Waals surface area contributed by atoms with Crippen molar-refractivity contribution in [3.05, 3.63) is 70.5 Å². The van der Waals surface area contributed by atoms with Crippen LogP contribution < -0.4 is 15.6 Å². The van der Waals surface area contributed by atoms with Gasteiger partial charge in [0, 0.05) is 11.3 Å². The number of H-pyrrole nitrogens is 1. The predicted molar refractivity (Wildman–Crippen MR) is 112 cm³/mol. The van der Waals surface area contributed by atoms with Crippen LogP contribution >= 0.6 is 11.8 Å². The topological polar surface area (TPSA) is 108 Å². The van der Waals surface area contributed by atoms with E-state index < -0.39 is 5.56 Å². The van der Waals surface area contributed by atoms with Crippen molar-refractivity contribution in [1.29, 1.82) is 5.26 Å². The first-order valence-corrected chi connectivity index (χ1v) is 9.84. The first kappa shape index (κ1) is 20.2. The largest absolute Gasteiger partial charge is 0.494 e. The molecule has 0 spiro atoms. The number of hydrogen-bond acceptors (Lipinski definition) is 6. The van der Waals surface area contributed by atoms with E-state index in [1.54, 1.807) is 48.5 Å². The zero-order chi connectivity index (χ0) is 20.6. The molecule has 7 nitrogen and oxygen atoms in total. The molecule has 0 unspecified atom stereocenters. The number of aromatic amines is 1. The van der Waals surface area contributed by atoms with Crippen molar-refractivity contribution in [2.75, 3.05) is 17.7 Å². The Balaban J connectivity index is 1.70. The lowest BCUT2D eigenvalue weighted by Crippen LogP contribution is -2.17. The fourth-order valence-electron chi connectivity index (χ4n) is 2.56. The quantitative estimate of drug-likeness (QED) is 0.460. The van der Waals surface area contributed by atoms with Crippen molar-refractivity contribution in [3.8, 4) is 23.1 Å². The maximum Gasteiger partial charge on any atom is 0.270 e. The van der Waals surface area contributed by atoms with Crippen molar-refractivity contribution in [1.82, 2.24) is 9.97 Å². The van der Waals surface area contributed by atoms with Crippen molar-refractivity contribution >= 4 is 23.4 Å². The molecular weight excluding hydrogens is 388 g/mol. The molecule has 0 saturated heterocycles. The Labute approximate surface area is 171 Å². The number of rotatable bonds is 7. The monoisotopic (exact) mass is 406 g/mol. The smallest absolute Gasteiger partial charge is 0.270 e. The second-order valence-electron chi connectivity index (χ2n) is 5.87. The van der Waals surface area contributed by atoms with Gasteiger partial charge >= 0.3 is 0 Å². The molecule has 3 rings (SSSR count). The number of thioether (sulfide) groups is 1. The Morgan fingerprint density at radius 1 is 1.21 bits per heavy atom. The minimum Gasteiger partial charge on any atom is -0.494 e. The van der Waals surface area contributed by atoms with E-state index >= 15 is 0 Å². The molecule has 146 valence electrons. The van der Waals surface area contributed by atoms with E-state index in [4.69, 9.17) is 4.74 Å². The van der Waals surface area contributed by atoms with E-state index in [1.165, 1.54) is 0 Å². The molecule has 1 heterocycles. The summed E-state index contributed by atoms with van der Waals surface area (Å²) in [6.45, 7) is 2.47. The van der Waals surface area contributed by atoms with Gasteiger partial charge in [0.1, 0.15) is 17.4 Å². The number of nitrogens with zero attached hydrogens (tertiary/aromatic N) is 2.